The number of rotatable bonds is 11. The summed E-state index contributed by atoms with van der Waals surface area (Å²) in [4.78, 5) is 13.4. The minimum atomic E-state index is -3.57. The largest absolute Gasteiger partial charge is 0.319 e. The van der Waals surface area contributed by atoms with Crippen molar-refractivity contribution in [1.29, 1.82) is 10.5 Å². The predicted molar refractivity (Wildman–Crippen MR) is 129 cm³/mol. The number of ketones is 1. The number of allylic oxidation sites excluding steroid dienone is 1. The van der Waals surface area contributed by atoms with Gasteiger partial charge < -0.3 is 5.32 Å². The minimum absolute atomic E-state index is 0.108. The maximum absolute atomic E-state index is 13.4. The molecule has 0 heterocycles. The number of hydrogen-bond donors (Lipinski definition) is 2. The molecule has 0 unspecified atom stereocenters. The van der Waals surface area contributed by atoms with E-state index in [4.69, 9.17) is 10.5 Å². The van der Waals surface area contributed by atoms with Gasteiger partial charge >= 0.3 is 0 Å². The second-order valence-electron chi connectivity index (χ2n) is 7.23. The Kier molecular flexibility index (Phi) is 9.71. The summed E-state index contributed by atoms with van der Waals surface area (Å²) < 4.78 is 27.1. The first-order valence-corrected chi connectivity index (χ1v) is 12.0. The minimum Gasteiger partial charge on any atom is -0.319 e. The van der Waals surface area contributed by atoms with Gasteiger partial charge in [-0.05, 0) is 61.0 Å². The van der Waals surface area contributed by atoms with Gasteiger partial charge in [-0.25, -0.2) is 13.1 Å². The molecular weight excluding hydrogens is 436 g/mol. The van der Waals surface area contributed by atoms with E-state index in [1.54, 1.807) is 67.7 Å². The number of nitrogens with one attached hydrogen (secondary N) is 2. The second kappa shape index (κ2) is 12.5. The lowest BCUT2D eigenvalue weighted by Crippen LogP contribution is -2.33. The SMILES string of the molecule is CC/C(=C\c1ccc(C#N)cc1)C(=O)/C(=C/c1ccc(C#N)cc1)CNS(=O)(=O)CCNC. The predicted octanol–water partition coefficient (Wildman–Crippen LogP) is 3.01. The molecule has 170 valence electrons. The second-order valence-corrected chi connectivity index (χ2v) is 9.16. The molecule has 0 aliphatic rings. The van der Waals surface area contributed by atoms with Crippen molar-refractivity contribution in [1.82, 2.24) is 10.0 Å². The number of carbonyl (C=O) groups is 1. The van der Waals surface area contributed by atoms with Gasteiger partial charge in [0.15, 0.2) is 5.78 Å². The zero-order valence-corrected chi connectivity index (χ0v) is 19.4. The zero-order chi connectivity index (χ0) is 24.3. The summed E-state index contributed by atoms with van der Waals surface area (Å²) in [6.45, 7) is 1.98. The van der Waals surface area contributed by atoms with E-state index < -0.39 is 10.0 Å². The molecule has 0 aliphatic carbocycles. The van der Waals surface area contributed by atoms with Gasteiger partial charge in [-0.3, -0.25) is 4.79 Å². The Morgan fingerprint density at radius 2 is 1.39 bits per heavy atom. The Bertz CT molecular complexity index is 1210. The standard InChI is InChI=1S/C25H26N4O3S/c1-3-23(14-19-4-8-21(16-26)9-5-19)25(30)24(18-29-33(31,32)13-12-28-2)15-20-6-10-22(17-27)11-7-20/h4-11,14-15,28-29H,3,12-13,18H2,1-2H3/b23-14+,24-15+. The molecule has 2 aromatic carbocycles. The van der Waals surface area contributed by atoms with Crippen LogP contribution >= 0.6 is 0 Å². The van der Waals surface area contributed by atoms with E-state index in [0.717, 1.165) is 5.56 Å². The van der Waals surface area contributed by atoms with Gasteiger partial charge in [-0.2, -0.15) is 10.5 Å². The molecule has 0 radical (unpaired) electrons. The molecule has 7 nitrogen and oxygen atoms in total. The summed E-state index contributed by atoms with van der Waals surface area (Å²) in [6, 6.07) is 17.6. The maximum Gasteiger partial charge on any atom is 0.213 e. The maximum atomic E-state index is 13.4. The van der Waals surface area contributed by atoms with Gasteiger partial charge in [0.25, 0.3) is 0 Å². The first-order valence-electron chi connectivity index (χ1n) is 10.4. The number of sulfonamides is 1. The highest BCUT2D eigenvalue weighted by atomic mass is 32.2. The van der Waals surface area contributed by atoms with Crippen LogP contribution in [0.4, 0.5) is 0 Å². The first kappa shape index (κ1) is 25.7. The van der Waals surface area contributed by atoms with Crippen LogP contribution in [-0.4, -0.2) is 40.1 Å². The molecule has 2 N–H and O–H groups in total. The number of Topliss-reactive ketones (excluding diaryl/α,β-unsaturated/α-hetero) is 1. The highest BCUT2D eigenvalue weighted by Gasteiger charge is 2.17. The number of benzene rings is 2. The molecular formula is C25H26N4O3S. The summed E-state index contributed by atoms with van der Waals surface area (Å²) in [7, 11) is -1.91. The number of nitrogens with zero attached hydrogens (tertiary/aromatic N) is 2. The van der Waals surface area contributed by atoms with E-state index in [-0.39, 0.29) is 30.2 Å². The van der Waals surface area contributed by atoms with Crippen molar-refractivity contribution in [3.05, 3.63) is 81.9 Å². The molecule has 0 fully saturated rings. The molecule has 0 saturated carbocycles. The summed E-state index contributed by atoms with van der Waals surface area (Å²) in [6.07, 6.45) is 3.81. The van der Waals surface area contributed by atoms with Crippen LogP contribution in [0.5, 0.6) is 0 Å². The first-order chi connectivity index (χ1) is 15.8. The van der Waals surface area contributed by atoms with Gasteiger partial charge in [-0.1, -0.05) is 31.2 Å². The van der Waals surface area contributed by atoms with Crippen LogP contribution < -0.4 is 10.0 Å². The lowest BCUT2D eigenvalue weighted by atomic mass is 9.97. The van der Waals surface area contributed by atoms with E-state index in [2.05, 4.69) is 16.1 Å². The third kappa shape index (κ3) is 8.13. The molecule has 0 atom stereocenters. The molecule has 0 bridgehead atoms. The summed E-state index contributed by atoms with van der Waals surface area (Å²) in [5, 5.41) is 20.8. The number of carbonyl (C=O) groups excluding carboxylic acids is 1. The zero-order valence-electron chi connectivity index (χ0n) is 18.6. The molecule has 0 amide bonds. The number of nitriles is 2. The Labute approximate surface area is 195 Å². The van der Waals surface area contributed by atoms with Gasteiger partial charge in [-0.15, -0.1) is 0 Å². The van der Waals surface area contributed by atoms with Crippen LogP contribution in [0.25, 0.3) is 12.2 Å². The van der Waals surface area contributed by atoms with Crippen molar-refractivity contribution in [3.8, 4) is 12.1 Å². The average molecular weight is 463 g/mol. The van der Waals surface area contributed by atoms with Gasteiger partial charge in [0, 0.05) is 24.2 Å². The molecule has 0 aromatic heterocycles. The normalized spacial score (nSPS) is 12.1. The quantitative estimate of drug-likeness (QED) is 0.495. The highest BCUT2D eigenvalue weighted by Crippen LogP contribution is 2.18. The summed E-state index contributed by atoms with van der Waals surface area (Å²) in [5.41, 5.74) is 3.26. The topological polar surface area (TPSA) is 123 Å². The molecule has 0 aliphatic heterocycles. The lowest BCUT2D eigenvalue weighted by Gasteiger charge is -2.12. The summed E-state index contributed by atoms with van der Waals surface area (Å²) >= 11 is 0. The lowest BCUT2D eigenvalue weighted by molar-refractivity contribution is -0.112. The van der Waals surface area contributed by atoms with E-state index in [9.17, 15) is 13.2 Å². The van der Waals surface area contributed by atoms with Gasteiger partial charge in [0.1, 0.15) is 0 Å². The van der Waals surface area contributed by atoms with Crippen LogP contribution in [0.15, 0.2) is 59.7 Å². The van der Waals surface area contributed by atoms with Gasteiger partial charge in [0.2, 0.25) is 10.0 Å². The van der Waals surface area contributed by atoms with Crippen LogP contribution in [0, 0.1) is 22.7 Å². The van der Waals surface area contributed by atoms with Crippen molar-refractivity contribution in [2.75, 3.05) is 25.9 Å². The average Bonchev–Trinajstić information content (AvgIpc) is 2.84. The van der Waals surface area contributed by atoms with Crippen molar-refractivity contribution in [2.45, 2.75) is 13.3 Å². The third-order valence-electron chi connectivity index (χ3n) is 4.83. The monoisotopic (exact) mass is 462 g/mol. The van der Waals surface area contributed by atoms with Crippen molar-refractivity contribution in [2.24, 2.45) is 0 Å². The van der Waals surface area contributed by atoms with Gasteiger partial charge in [0.05, 0.1) is 29.0 Å². The fourth-order valence-electron chi connectivity index (χ4n) is 2.94. The smallest absolute Gasteiger partial charge is 0.213 e. The van der Waals surface area contributed by atoms with Crippen LogP contribution in [0.1, 0.15) is 35.6 Å². The van der Waals surface area contributed by atoms with E-state index >= 15 is 0 Å². The van der Waals surface area contributed by atoms with E-state index in [0.29, 0.717) is 28.7 Å². The molecule has 2 aromatic rings. The molecule has 2 rings (SSSR count). The van der Waals surface area contributed by atoms with Crippen LogP contribution in [0.3, 0.4) is 0 Å². The van der Waals surface area contributed by atoms with E-state index in [1.165, 1.54) is 0 Å². The summed E-state index contributed by atoms with van der Waals surface area (Å²) in [5.74, 6) is -0.383. The highest BCUT2D eigenvalue weighted by molar-refractivity contribution is 7.89. The Balaban J connectivity index is 2.39. The fourth-order valence-corrected chi connectivity index (χ4v) is 3.93. The molecule has 8 heteroatoms. The fraction of sp³-hybridized carbons (Fsp3) is 0.240. The van der Waals surface area contributed by atoms with Crippen molar-refractivity contribution < 1.29 is 13.2 Å². The van der Waals surface area contributed by atoms with E-state index in [1.807, 2.05) is 13.0 Å². The van der Waals surface area contributed by atoms with Crippen molar-refractivity contribution >= 4 is 28.0 Å². The molecule has 33 heavy (non-hydrogen) atoms. The number of hydrogen-bond acceptors (Lipinski definition) is 6. The van der Waals surface area contributed by atoms with Crippen molar-refractivity contribution in [3.63, 3.8) is 0 Å². The third-order valence-corrected chi connectivity index (χ3v) is 6.15. The van der Waals surface area contributed by atoms with Crippen LogP contribution in [0.2, 0.25) is 0 Å². The Morgan fingerprint density at radius 3 is 1.82 bits per heavy atom. The Hall–Kier alpha value is -3.56. The Morgan fingerprint density at radius 1 is 0.909 bits per heavy atom. The van der Waals surface area contributed by atoms with Crippen LogP contribution in [-0.2, 0) is 14.8 Å². The molecule has 0 saturated heterocycles. The molecule has 0 spiro atoms.